The minimum atomic E-state index is 0.615. The first kappa shape index (κ1) is 14.8. The maximum absolute atomic E-state index is 5.02. The van der Waals surface area contributed by atoms with Gasteiger partial charge in [-0.25, -0.2) is 4.98 Å². The topological polar surface area (TPSA) is 37.4 Å². The zero-order valence-corrected chi connectivity index (χ0v) is 13.0. The van der Waals surface area contributed by atoms with E-state index in [1.165, 1.54) is 22.9 Å². The van der Waals surface area contributed by atoms with Crippen molar-refractivity contribution in [1.29, 1.82) is 0 Å². The Hall–Kier alpha value is -0.650. The Kier molecular flexibility index (Phi) is 5.60. The largest absolute Gasteiger partial charge is 0.383 e. The Morgan fingerprint density at radius 3 is 3.11 bits per heavy atom. The number of aromatic nitrogens is 1. The third-order valence-corrected chi connectivity index (χ3v) is 4.74. The molecule has 2 heterocycles. The first-order valence-corrected chi connectivity index (χ1v) is 7.93. The highest BCUT2D eigenvalue weighted by Gasteiger charge is 2.24. The third kappa shape index (κ3) is 4.16. The molecule has 0 bridgehead atoms. The fraction of sp³-hybridized carbons (Fsp3) is 0.786. The van der Waals surface area contributed by atoms with Crippen LogP contribution in [0.25, 0.3) is 0 Å². The predicted molar refractivity (Wildman–Crippen MR) is 80.9 cm³/mol. The Balaban J connectivity index is 1.86. The van der Waals surface area contributed by atoms with E-state index < -0.39 is 0 Å². The van der Waals surface area contributed by atoms with E-state index in [4.69, 9.17) is 4.74 Å². The van der Waals surface area contributed by atoms with E-state index in [-0.39, 0.29) is 0 Å². The number of thiazole rings is 1. The smallest absolute Gasteiger partial charge is 0.185 e. The van der Waals surface area contributed by atoms with Crippen LogP contribution in [0, 0.1) is 5.92 Å². The van der Waals surface area contributed by atoms with Crippen LogP contribution in [0.1, 0.15) is 31.6 Å². The van der Waals surface area contributed by atoms with Crippen LogP contribution < -0.4 is 10.2 Å². The monoisotopic (exact) mass is 283 g/mol. The van der Waals surface area contributed by atoms with Crippen LogP contribution in [-0.4, -0.2) is 37.8 Å². The fourth-order valence-corrected chi connectivity index (χ4v) is 3.60. The number of rotatable bonds is 6. The zero-order chi connectivity index (χ0) is 13.7. The predicted octanol–water partition coefficient (Wildman–Crippen LogP) is 2.50. The summed E-state index contributed by atoms with van der Waals surface area (Å²) in [5.74, 6) is 0.849. The molecule has 0 saturated carbocycles. The van der Waals surface area contributed by atoms with E-state index in [2.05, 4.69) is 29.0 Å². The van der Waals surface area contributed by atoms with Crippen LogP contribution >= 0.6 is 11.3 Å². The van der Waals surface area contributed by atoms with Gasteiger partial charge >= 0.3 is 0 Å². The Labute approximate surface area is 120 Å². The molecule has 2 atom stereocenters. The number of hydrogen-bond acceptors (Lipinski definition) is 5. The molecule has 5 heteroatoms. The van der Waals surface area contributed by atoms with Crippen molar-refractivity contribution in [2.24, 2.45) is 5.92 Å². The van der Waals surface area contributed by atoms with Crippen molar-refractivity contribution in [1.82, 2.24) is 10.3 Å². The SMILES string of the molecule is COCCNCc1cnc(N2CCC(C)CC2C)s1. The van der Waals surface area contributed by atoms with Gasteiger partial charge < -0.3 is 15.0 Å². The van der Waals surface area contributed by atoms with E-state index >= 15 is 0 Å². The van der Waals surface area contributed by atoms with Gasteiger partial charge in [0.25, 0.3) is 0 Å². The van der Waals surface area contributed by atoms with Gasteiger partial charge in [0.05, 0.1) is 6.61 Å². The summed E-state index contributed by atoms with van der Waals surface area (Å²) in [6.07, 6.45) is 4.57. The lowest BCUT2D eigenvalue weighted by Gasteiger charge is -2.36. The van der Waals surface area contributed by atoms with Gasteiger partial charge in [0.2, 0.25) is 0 Å². The summed E-state index contributed by atoms with van der Waals surface area (Å²) in [5.41, 5.74) is 0. The first-order chi connectivity index (χ1) is 9.20. The number of hydrogen-bond donors (Lipinski definition) is 1. The highest BCUT2D eigenvalue weighted by Crippen LogP contribution is 2.30. The molecule has 2 rings (SSSR count). The minimum absolute atomic E-state index is 0.615. The van der Waals surface area contributed by atoms with Crippen LogP contribution in [0.3, 0.4) is 0 Å². The molecule has 0 spiro atoms. The van der Waals surface area contributed by atoms with E-state index in [9.17, 15) is 0 Å². The molecule has 1 aliphatic rings. The summed E-state index contributed by atoms with van der Waals surface area (Å²) in [5, 5.41) is 4.55. The third-order valence-electron chi connectivity index (χ3n) is 3.71. The minimum Gasteiger partial charge on any atom is -0.383 e. The van der Waals surface area contributed by atoms with Crippen molar-refractivity contribution in [3.8, 4) is 0 Å². The van der Waals surface area contributed by atoms with E-state index in [1.807, 2.05) is 17.5 Å². The van der Waals surface area contributed by atoms with Crippen molar-refractivity contribution in [2.45, 2.75) is 39.3 Å². The summed E-state index contributed by atoms with van der Waals surface area (Å²) in [6.45, 7) is 8.34. The lowest BCUT2D eigenvalue weighted by molar-refractivity contribution is 0.199. The van der Waals surface area contributed by atoms with Crippen molar-refractivity contribution in [2.75, 3.05) is 31.7 Å². The second-order valence-electron chi connectivity index (χ2n) is 5.45. The van der Waals surface area contributed by atoms with Crippen LogP contribution in [0.4, 0.5) is 5.13 Å². The maximum Gasteiger partial charge on any atom is 0.185 e. The number of ether oxygens (including phenoxy) is 1. The molecule has 108 valence electrons. The number of piperidine rings is 1. The fourth-order valence-electron chi connectivity index (χ4n) is 2.59. The van der Waals surface area contributed by atoms with Crippen molar-refractivity contribution >= 4 is 16.5 Å². The van der Waals surface area contributed by atoms with Crippen LogP contribution in [0.15, 0.2) is 6.20 Å². The first-order valence-electron chi connectivity index (χ1n) is 7.11. The van der Waals surface area contributed by atoms with Crippen LogP contribution in [-0.2, 0) is 11.3 Å². The van der Waals surface area contributed by atoms with Gasteiger partial charge in [0.1, 0.15) is 0 Å². The van der Waals surface area contributed by atoms with Gasteiger partial charge in [-0.1, -0.05) is 6.92 Å². The van der Waals surface area contributed by atoms with Gasteiger partial charge in [-0.15, -0.1) is 11.3 Å². The quantitative estimate of drug-likeness (QED) is 0.814. The number of anilines is 1. The second-order valence-corrected chi connectivity index (χ2v) is 6.54. The summed E-state index contributed by atoms with van der Waals surface area (Å²) in [4.78, 5) is 8.35. The van der Waals surface area contributed by atoms with Gasteiger partial charge in [0.15, 0.2) is 5.13 Å². The van der Waals surface area contributed by atoms with E-state index in [1.54, 1.807) is 7.11 Å². The number of nitrogens with one attached hydrogen (secondary N) is 1. The molecule has 0 amide bonds. The molecule has 1 saturated heterocycles. The Bertz CT molecular complexity index is 383. The van der Waals surface area contributed by atoms with Gasteiger partial charge in [-0.05, 0) is 25.7 Å². The van der Waals surface area contributed by atoms with E-state index in [0.717, 1.165) is 32.2 Å². The molecule has 1 aromatic rings. The molecule has 0 radical (unpaired) electrons. The lowest BCUT2D eigenvalue weighted by Crippen LogP contribution is -2.40. The summed E-state index contributed by atoms with van der Waals surface area (Å²) in [6, 6.07) is 0.615. The van der Waals surface area contributed by atoms with Gasteiger partial charge in [0, 0.05) is 43.9 Å². The molecule has 4 nitrogen and oxygen atoms in total. The second kappa shape index (κ2) is 7.22. The molecule has 1 aromatic heterocycles. The Morgan fingerprint density at radius 2 is 2.37 bits per heavy atom. The molecule has 0 aromatic carbocycles. The summed E-state index contributed by atoms with van der Waals surface area (Å²) < 4.78 is 5.02. The summed E-state index contributed by atoms with van der Waals surface area (Å²) >= 11 is 1.81. The zero-order valence-electron chi connectivity index (χ0n) is 12.2. The molecular formula is C14H25N3OS. The molecule has 19 heavy (non-hydrogen) atoms. The highest BCUT2D eigenvalue weighted by molar-refractivity contribution is 7.15. The molecule has 2 unspecified atom stereocenters. The van der Waals surface area contributed by atoms with E-state index in [0.29, 0.717) is 6.04 Å². The molecule has 0 aliphatic carbocycles. The Morgan fingerprint density at radius 1 is 1.53 bits per heavy atom. The molecule has 1 N–H and O–H groups in total. The van der Waals surface area contributed by atoms with Crippen molar-refractivity contribution < 1.29 is 4.74 Å². The van der Waals surface area contributed by atoms with Gasteiger partial charge in [-0.3, -0.25) is 0 Å². The lowest BCUT2D eigenvalue weighted by atomic mass is 9.94. The number of methoxy groups -OCH3 is 1. The molecule has 1 fully saturated rings. The van der Waals surface area contributed by atoms with Crippen molar-refractivity contribution in [3.63, 3.8) is 0 Å². The highest BCUT2D eigenvalue weighted by atomic mass is 32.1. The van der Waals surface area contributed by atoms with Crippen molar-refractivity contribution in [3.05, 3.63) is 11.1 Å². The average Bonchev–Trinajstić information content (AvgIpc) is 2.83. The number of nitrogens with zero attached hydrogens (tertiary/aromatic N) is 2. The van der Waals surface area contributed by atoms with Gasteiger partial charge in [-0.2, -0.15) is 0 Å². The molecular weight excluding hydrogens is 258 g/mol. The molecule has 1 aliphatic heterocycles. The maximum atomic E-state index is 5.02. The summed E-state index contributed by atoms with van der Waals surface area (Å²) in [7, 11) is 1.73. The normalized spacial score (nSPS) is 23.8. The van der Waals surface area contributed by atoms with Crippen LogP contribution in [0.2, 0.25) is 0 Å². The average molecular weight is 283 g/mol. The van der Waals surface area contributed by atoms with Crippen LogP contribution in [0.5, 0.6) is 0 Å². The standard InChI is InChI=1S/C14H25N3OS/c1-11-4-6-17(12(2)8-11)14-16-10-13(19-14)9-15-5-7-18-3/h10-12,15H,4-9H2,1-3H3.